The molecule has 0 heterocycles. The fraction of sp³-hybridized carbons (Fsp3) is 0.500. The molecule has 0 aromatic carbocycles. The summed E-state index contributed by atoms with van der Waals surface area (Å²) in [5.74, 6) is 2.78. The minimum atomic E-state index is 0.246. The average molecular weight is 140 g/mol. The molecule has 0 N–H and O–H groups in total. The van der Waals surface area contributed by atoms with Crippen LogP contribution < -0.4 is 0 Å². The molecule has 50 valence electrons. The van der Waals surface area contributed by atoms with Gasteiger partial charge in [0.1, 0.15) is 0 Å². The first-order chi connectivity index (χ1) is 4.06. The summed E-state index contributed by atoms with van der Waals surface area (Å²) in [7, 11) is 0. The molecule has 0 aromatic rings. The Labute approximate surface area is 61.7 Å². The number of hydrogen-bond acceptors (Lipinski definition) is 1. The Kier molecular flexibility index (Phi) is 3.49. The van der Waals surface area contributed by atoms with Crippen LogP contribution in [0.5, 0.6) is 0 Å². The number of hydrogen-bond donors (Lipinski definition) is 0. The largest absolute Gasteiger partial charge is 0.0906 e. The number of allylic oxidation sites excluding steroid dienone is 1. The highest BCUT2D eigenvalue weighted by Crippen LogP contribution is 2.21. The second kappa shape index (κ2) is 3.63. The fourth-order valence-electron chi connectivity index (χ4n) is 0.224. The summed E-state index contributed by atoms with van der Waals surface area (Å²) < 4.78 is 0.246. The minimum Gasteiger partial charge on any atom is -0.0906 e. The van der Waals surface area contributed by atoms with Crippen LogP contribution in [0.2, 0.25) is 0 Å². The van der Waals surface area contributed by atoms with Crippen LogP contribution in [0.4, 0.5) is 0 Å². The monoisotopic (exact) mass is 140 g/mol. The van der Waals surface area contributed by atoms with Crippen molar-refractivity contribution >= 4 is 11.8 Å². The maximum Gasteiger partial charge on any atom is 0.0199 e. The van der Waals surface area contributed by atoms with Gasteiger partial charge in [0.25, 0.3) is 0 Å². The Morgan fingerprint density at radius 2 is 2.00 bits per heavy atom. The van der Waals surface area contributed by atoms with Crippen molar-refractivity contribution in [2.24, 2.45) is 0 Å². The summed E-state index contributed by atoms with van der Waals surface area (Å²) in [5, 5.41) is 2.92. The Hall–Kier alpha value is -0.350. The lowest BCUT2D eigenvalue weighted by Gasteiger charge is -2.10. The number of rotatable bonds is 0. The maximum atomic E-state index is 3.49. The first kappa shape index (κ1) is 8.65. The van der Waals surface area contributed by atoms with Gasteiger partial charge in [0.2, 0.25) is 0 Å². The zero-order valence-electron chi connectivity index (χ0n) is 6.19. The second-order valence-corrected chi connectivity index (χ2v) is 4.30. The van der Waals surface area contributed by atoms with Crippen LogP contribution in [-0.4, -0.2) is 4.75 Å². The summed E-state index contributed by atoms with van der Waals surface area (Å²) in [6.45, 7) is 9.90. The van der Waals surface area contributed by atoms with Crippen molar-refractivity contribution in [1.29, 1.82) is 0 Å². The van der Waals surface area contributed by atoms with Crippen LogP contribution in [-0.2, 0) is 0 Å². The summed E-state index contributed by atoms with van der Waals surface area (Å²) in [6.07, 6.45) is 1.61. The molecule has 0 nitrogen and oxygen atoms in total. The molecule has 1 heteroatoms. The molecular formula is C8H12S. The van der Waals surface area contributed by atoms with Gasteiger partial charge < -0.3 is 0 Å². The van der Waals surface area contributed by atoms with E-state index in [0.717, 1.165) is 0 Å². The molecule has 0 spiro atoms. The van der Waals surface area contributed by atoms with Gasteiger partial charge in [-0.1, -0.05) is 45.0 Å². The maximum absolute atomic E-state index is 3.49. The van der Waals surface area contributed by atoms with E-state index < -0.39 is 0 Å². The molecule has 0 radical (unpaired) electrons. The molecule has 0 bridgehead atoms. The quantitative estimate of drug-likeness (QED) is 0.466. The van der Waals surface area contributed by atoms with Crippen LogP contribution in [0, 0.1) is 11.2 Å². The van der Waals surface area contributed by atoms with Crippen molar-refractivity contribution in [2.45, 2.75) is 25.5 Å². The van der Waals surface area contributed by atoms with E-state index in [1.807, 2.05) is 0 Å². The molecule has 0 aliphatic carbocycles. The van der Waals surface area contributed by atoms with Crippen LogP contribution >= 0.6 is 11.8 Å². The van der Waals surface area contributed by atoms with Crippen LogP contribution in [0.25, 0.3) is 0 Å². The standard InChI is InChI=1S/C8H12S/c1-5-6-7-9-8(2,3)4/h5H,1H2,2-4H3. The molecule has 0 aliphatic heterocycles. The van der Waals surface area contributed by atoms with Crippen LogP contribution in [0.1, 0.15) is 20.8 Å². The lowest BCUT2D eigenvalue weighted by molar-refractivity contribution is 0.808. The Morgan fingerprint density at radius 3 is 2.33 bits per heavy atom. The first-order valence-electron chi connectivity index (χ1n) is 2.86. The predicted molar refractivity (Wildman–Crippen MR) is 45.3 cm³/mol. The zero-order valence-corrected chi connectivity index (χ0v) is 7.01. The van der Waals surface area contributed by atoms with Crippen molar-refractivity contribution in [3.05, 3.63) is 12.7 Å². The zero-order chi connectivity index (χ0) is 7.33. The molecule has 0 rings (SSSR count). The molecule has 0 unspecified atom stereocenters. The Morgan fingerprint density at radius 1 is 1.44 bits per heavy atom. The normalized spacial score (nSPS) is 9.67. The van der Waals surface area contributed by atoms with E-state index >= 15 is 0 Å². The van der Waals surface area contributed by atoms with Crippen LogP contribution in [0.15, 0.2) is 12.7 Å². The molecular weight excluding hydrogens is 128 g/mol. The van der Waals surface area contributed by atoms with Gasteiger partial charge in [0.15, 0.2) is 0 Å². The molecule has 0 atom stereocenters. The highest BCUT2D eigenvalue weighted by Gasteiger charge is 2.07. The van der Waals surface area contributed by atoms with Gasteiger partial charge in [-0.15, -0.1) is 0 Å². The van der Waals surface area contributed by atoms with E-state index in [-0.39, 0.29) is 4.75 Å². The first-order valence-corrected chi connectivity index (χ1v) is 3.67. The summed E-state index contributed by atoms with van der Waals surface area (Å²) in [4.78, 5) is 0. The fourth-order valence-corrected chi connectivity index (χ4v) is 0.673. The lowest BCUT2D eigenvalue weighted by atomic mass is 10.3. The van der Waals surface area contributed by atoms with Crippen molar-refractivity contribution in [2.75, 3.05) is 0 Å². The van der Waals surface area contributed by atoms with Crippen LogP contribution in [0.3, 0.4) is 0 Å². The summed E-state index contributed by atoms with van der Waals surface area (Å²) >= 11 is 1.63. The molecule has 0 aromatic heterocycles. The predicted octanol–water partition coefficient (Wildman–Crippen LogP) is 2.67. The van der Waals surface area contributed by atoms with Gasteiger partial charge in [0.05, 0.1) is 0 Å². The third-order valence-corrected chi connectivity index (χ3v) is 1.35. The number of thioether (sulfide) groups is 1. The smallest absolute Gasteiger partial charge is 0.0199 e. The van der Waals surface area contributed by atoms with E-state index in [0.29, 0.717) is 0 Å². The average Bonchev–Trinajstić information content (AvgIpc) is 1.63. The van der Waals surface area contributed by atoms with Crippen molar-refractivity contribution in [3.8, 4) is 11.2 Å². The topological polar surface area (TPSA) is 0 Å². The highest BCUT2D eigenvalue weighted by molar-refractivity contribution is 8.05. The second-order valence-electron chi connectivity index (χ2n) is 2.66. The minimum absolute atomic E-state index is 0.246. The SMILES string of the molecule is C=CC#CSC(C)(C)C. The summed E-state index contributed by atoms with van der Waals surface area (Å²) in [5.41, 5.74) is 0. The molecule has 0 amide bonds. The van der Waals surface area contributed by atoms with E-state index in [2.05, 4.69) is 38.5 Å². The van der Waals surface area contributed by atoms with E-state index in [1.54, 1.807) is 17.8 Å². The van der Waals surface area contributed by atoms with E-state index in [9.17, 15) is 0 Å². The summed E-state index contributed by atoms with van der Waals surface area (Å²) in [6, 6.07) is 0. The third-order valence-electron chi connectivity index (χ3n) is 0.518. The molecule has 0 aliphatic rings. The highest BCUT2D eigenvalue weighted by atomic mass is 32.2. The molecule has 0 saturated carbocycles. The molecule has 0 fully saturated rings. The van der Waals surface area contributed by atoms with Gasteiger partial charge in [-0.05, 0) is 11.3 Å². The lowest BCUT2D eigenvalue weighted by Crippen LogP contribution is -2.04. The van der Waals surface area contributed by atoms with Gasteiger partial charge in [0, 0.05) is 4.75 Å². The van der Waals surface area contributed by atoms with E-state index in [1.165, 1.54) is 0 Å². The van der Waals surface area contributed by atoms with Crippen molar-refractivity contribution in [3.63, 3.8) is 0 Å². The Bertz CT molecular complexity index is 140. The van der Waals surface area contributed by atoms with Gasteiger partial charge in [-0.2, -0.15) is 0 Å². The Balaban J connectivity index is 3.62. The molecule has 9 heavy (non-hydrogen) atoms. The van der Waals surface area contributed by atoms with Gasteiger partial charge in [-0.25, -0.2) is 0 Å². The van der Waals surface area contributed by atoms with Crippen molar-refractivity contribution < 1.29 is 0 Å². The van der Waals surface area contributed by atoms with Gasteiger partial charge >= 0.3 is 0 Å². The third kappa shape index (κ3) is 7.65. The van der Waals surface area contributed by atoms with E-state index in [4.69, 9.17) is 0 Å². The van der Waals surface area contributed by atoms with Crippen molar-refractivity contribution in [1.82, 2.24) is 0 Å². The van der Waals surface area contributed by atoms with Gasteiger partial charge in [-0.3, -0.25) is 0 Å². The molecule has 0 saturated heterocycles.